The number of methoxy groups -OCH3 is 2. The van der Waals surface area contributed by atoms with Crippen molar-refractivity contribution in [3.05, 3.63) is 35.0 Å². The number of fused-ring (bicyclic) bond motifs is 1. The number of benzene rings is 1. The molecule has 1 aromatic rings. The molecule has 4 atom stereocenters. The molecule has 0 radical (unpaired) electrons. The molecule has 8 nitrogen and oxygen atoms in total. The van der Waals surface area contributed by atoms with E-state index in [1.165, 1.54) is 14.2 Å². The number of ether oxygens (including phenoxy) is 4. The van der Waals surface area contributed by atoms with E-state index in [-0.39, 0.29) is 18.5 Å². The molecule has 0 fully saturated rings. The Bertz CT molecular complexity index is 993. The summed E-state index contributed by atoms with van der Waals surface area (Å²) in [4.78, 5) is 43.2. The maximum atomic E-state index is 13.5. The quantitative estimate of drug-likeness (QED) is 0.554. The molecule has 1 aromatic carbocycles. The smallest absolute Gasteiger partial charge is 0.316 e. The van der Waals surface area contributed by atoms with E-state index >= 15 is 0 Å². The van der Waals surface area contributed by atoms with Gasteiger partial charge in [-0.2, -0.15) is 0 Å². The van der Waals surface area contributed by atoms with Crippen molar-refractivity contribution in [2.24, 2.45) is 22.7 Å². The number of rotatable bonds is 3. The molecular weight excluding hydrogens is 390 g/mol. The van der Waals surface area contributed by atoms with Gasteiger partial charge in [-0.3, -0.25) is 19.4 Å². The number of carbonyl (C=O) groups is 3. The highest BCUT2D eigenvalue weighted by atomic mass is 16.7. The maximum Gasteiger partial charge on any atom is 0.316 e. The lowest BCUT2D eigenvalue weighted by Crippen LogP contribution is -2.43. The average Bonchev–Trinajstić information content (AvgIpc) is 3.19. The summed E-state index contributed by atoms with van der Waals surface area (Å²) in [6.07, 6.45) is 0.438. The Morgan fingerprint density at radius 3 is 2.43 bits per heavy atom. The molecule has 0 amide bonds. The maximum absolute atomic E-state index is 13.5. The van der Waals surface area contributed by atoms with Gasteiger partial charge in [0.2, 0.25) is 6.79 Å². The minimum absolute atomic E-state index is 0.110. The second-order valence-electron chi connectivity index (χ2n) is 7.75. The van der Waals surface area contributed by atoms with Crippen LogP contribution in [0.3, 0.4) is 0 Å². The number of hydrogen-bond acceptors (Lipinski definition) is 8. The van der Waals surface area contributed by atoms with Crippen molar-refractivity contribution in [3.63, 3.8) is 0 Å². The van der Waals surface area contributed by atoms with Gasteiger partial charge >= 0.3 is 11.9 Å². The van der Waals surface area contributed by atoms with Gasteiger partial charge < -0.3 is 18.9 Å². The monoisotopic (exact) mass is 413 g/mol. The van der Waals surface area contributed by atoms with Gasteiger partial charge in [0.1, 0.15) is 11.8 Å². The molecule has 2 aliphatic heterocycles. The SMILES string of the molecule is COC(=O)C1C(=O)C2=C(CC1C)N=C(C)C(C(=O)OC)C2c1ccc2c(c1)OCO2. The van der Waals surface area contributed by atoms with Crippen LogP contribution in [-0.2, 0) is 23.9 Å². The van der Waals surface area contributed by atoms with Crippen LogP contribution in [0.1, 0.15) is 31.7 Å². The van der Waals surface area contributed by atoms with Crippen LogP contribution >= 0.6 is 0 Å². The summed E-state index contributed by atoms with van der Waals surface area (Å²) < 4.78 is 20.8. The van der Waals surface area contributed by atoms with Crippen LogP contribution in [-0.4, -0.2) is 44.4 Å². The molecule has 4 rings (SSSR count). The number of esters is 2. The summed E-state index contributed by atoms with van der Waals surface area (Å²) in [5.41, 5.74) is 2.24. The molecule has 3 aliphatic rings. The number of hydrogen-bond donors (Lipinski definition) is 0. The first-order chi connectivity index (χ1) is 14.4. The first-order valence-electron chi connectivity index (χ1n) is 9.75. The highest BCUT2D eigenvalue weighted by Crippen LogP contribution is 2.48. The standard InChI is InChI=1S/C22H23NO7/c1-10-7-13-19(20(24)16(10)21(25)27-3)18(17(11(2)23-13)22(26)28-4)12-5-6-14-15(8-12)30-9-29-14/h5-6,8,10,16-18H,7,9H2,1-4H3. The van der Waals surface area contributed by atoms with Crippen molar-refractivity contribution >= 4 is 23.4 Å². The van der Waals surface area contributed by atoms with Crippen LogP contribution in [0.2, 0.25) is 0 Å². The molecule has 30 heavy (non-hydrogen) atoms. The molecule has 0 spiro atoms. The van der Waals surface area contributed by atoms with Crippen LogP contribution in [0.4, 0.5) is 0 Å². The summed E-state index contributed by atoms with van der Waals surface area (Å²) in [6.45, 7) is 3.70. The molecule has 0 saturated carbocycles. The Hall–Kier alpha value is -3.16. The van der Waals surface area contributed by atoms with Crippen LogP contribution in [0.25, 0.3) is 0 Å². The van der Waals surface area contributed by atoms with Gasteiger partial charge in [-0.05, 0) is 37.0 Å². The molecule has 158 valence electrons. The van der Waals surface area contributed by atoms with Crippen LogP contribution < -0.4 is 9.47 Å². The number of allylic oxidation sites excluding steroid dienone is 2. The predicted octanol–water partition coefficient (Wildman–Crippen LogP) is 2.41. The molecule has 0 bridgehead atoms. The van der Waals surface area contributed by atoms with E-state index in [4.69, 9.17) is 18.9 Å². The molecule has 0 saturated heterocycles. The first-order valence-corrected chi connectivity index (χ1v) is 9.75. The lowest BCUT2D eigenvalue weighted by molar-refractivity contribution is -0.151. The molecule has 8 heteroatoms. The van der Waals surface area contributed by atoms with E-state index in [0.29, 0.717) is 40.5 Å². The third-order valence-electron chi connectivity index (χ3n) is 6.01. The first kappa shape index (κ1) is 20.1. The zero-order valence-corrected chi connectivity index (χ0v) is 17.3. The number of Topliss-reactive ketones (excluding diaryl/α,β-unsaturated/α-hetero) is 1. The van der Waals surface area contributed by atoms with Crippen molar-refractivity contribution < 1.29 is 33.3 Å². The summed E-state index contributed by atoms with van der Waals surface area (Å²) in [7, 11) is 2.57. The number of carbonyl (C=O) groups excluding carboxylic acids is 3. The molecule has 0 aromatic heterocycles. The molecular formula is C22H23NO7. The van der Waals surface area contributed by atoms with E-state index in [0.717, 1.165) is 0 Å². The minimum atomic E-state index is -0.933. The van der Waals surface area contributed by atoms with E-state index in [1.807, 2.05) is 6.92 Å². The fraction of sp³-hybridized carbons (Fsp3) is 0.455. The summed E-state index contributed by atoms with van der Waals surface area (Å²) >= 11 is 0. The minimum Gasteiger partial charge on any atom is -0.468 e. The van der Waals surface area contributed by atoms with Gasteiger partial charge in [0.25, 0.3) is 0 Å². The van der Waals surface area contributed by atoms with E-state index in [9.17, 15) is 14.4 Å². The molecule has 0 N–H and O–H groups in total. The van der Waals surface area contributed by atoms with E-state index < -0.39 is 29.7 Å². The Morgan fingerprint density at radius 1 is 1.07 bits per heavy atom. The van der Waals surface area contributed by atoms with Crippen molar-refractivity contribution in [2.75, 3.05) is 21.0 Å². The summed E-state index contributed by atoms with van der Waals surface area (Å²) in [5.74, 6) is -2.92. The van der Waals surface area contributed by atoms with Gasteiger partial charge in [0, 0.05) is 22.9 Å². The predicted molar refractivity (Wildman–Crippen MR) is 105 cm³/mol. The van der Waals surface area contributed by atoms with E-state index in [1.54, 1.807) is 25.1 Å². The van der Waals surface area contributed by atoms with Crippen molar-refractivity contribution in [1.82, 2.24) is 0 Å². The van der Waals surface area contributed by atoms with Crippen LogP contribution in [0.5, 0.6) is 11.5 Å². The van der Waals surface area contributed by atoms with Gasteiger partial charge in [-0.15, -0.1) is 0 Å². The number of aliphatic imine (C=N–C) groups is 1. The summed E-state index contributed by atoms with van der Waals surface area (Å²) in [5, 5.41) is 0. The Kier molecular flexibility index (Phi) is 5.09. The van der Waals surface area contributed by atoms with Crippen molar-refractivity contribution in [1.29, 1.82) is 0 Å². The number of ketones is 1. The average molecular weight is 413 g/mol. The fourth-order valence-electron chi connectivity index (χ4n) is 4.60. The van der Waals surface area contributed by atoms with Gasteiger partial charge in [-0.1, -0.05) is 13.0 Å². The lowest BCUT2D eigenvalue weighted by Gasteiger charge is -2.37. The Labute approximate surface area is 173 Å². The largest absolute Gasteiger partial charge is 0.468 e. The topological polar surface area (TPSA) is 100 Å². The second-order valence-corrected chi connectivity index (χ2v) is 7.75. The fourth-order valence-corrected chi connectivity index (χ4v) is 4.60. The van der Waals surface area contributed by atoms with Gasteiger partial charge in [0.05, 0.1) is 14.2 Å². The molecule has 2 heterocycles. The number of nitrogens with zero attached hydrogens (tertiary/aromatic N) is 1. The zero-order chi connectivity index (χ0) is 21.6. The third kappa shape index (κ3) is 3.07. The van der Waals surface area contributed by atoms with E-state index in [2.05, 4.69) is 4.99 Å². The highest BCUT2D eigenvalue weighted by molar-refractivity contribution is 6.14. The van der Waals surface area contributed by atoms with Crippen LogP contribution in [0, 0.1) is 17.8 Å². The Morgan fingerprint density at radius 2 is 1.73 bits per heavy atom. The van der Waals surface area contributed by atoms with Gasteiger partial charge in [-0.25, -0.2) is 0 Å². The second kappa shape index (κ2) is 7.59. The van der Waals surface area contributed by atoms with Crippen molar-refractivity contribution in [3.8, 4) is 11.5 Å². The Balaban J connectivity index is 1.88. The summed E-state index contributed by atoms with van der Waals surface area (Å²) in [6, 6.07) is 5.32. The lowest BCUT2D eigenvalue weighted by atomic mass is 9.67. The molecule has 1 aliphatic carbocycles. The highest BCUT2D eigenvalue weighted by Gasteiger charge is 2.49. The normalized spacial score (nSPS) is 27.3. The molecule has 4 unspecified atom stereocenters. The van der Waals surface area contributed by atoms with Crippen LogP contribution in [0.15, 0.2) is 34.5 Å². The third-order valence-corrected chi connectivity index (χ3v) is 6.01. The van der Waals surface area contributed by atoms with Crippen molar-refractivity contribution in [2.45, 2.75) is 26.2 Å². The van der Waals surface area contributed by atoms with Gasteiger partial charge in [0.15, 0.2) is 17.3 Å². The zero-order valence-electron chi connectivity index (χ0n) is 17.3.